The van der Waals surface area contributed by atoms with E-state index in [1.165, 1.54) is 16.8 Å². The molecule has 0 radical (unpaired) electrons. The third-order valence-corrected chi connectivity index (χ3v) is 3.73. The maximum atomic E-state index is 10.9. The van der Waals surface area contributed by atoms with Gasteiger partial charge in [0.25, 0.3) is 0 Å². The highest BCUT2D eigenvalue weighted by Gasteiger charge is 2.22. The molecule has 0 atom stereocenters. The van der Waals surface area contributed by atoms with Gasteiger partial charge in [0.15, 0.2) is 0 Å². The van der Waals surface area contributed by atoms with Gasteiger partial charge in [-0.1, -0.05) is 22.6 Å². The molecule has 0 heterocycles. The minimum absolute atomic E-state index is 0.786. The first-order valence-electron chi connectivity index (χ1n) is 5.53. The summed E-state index contributed by atoms with van der Waals surface area (Å²) in [6.07, 6.45) is 4.95. The highest BCUT2D eigenvalue weighted by molar-refractivity contribution is 14.1. The van der Waals surface area contributed by atoms with Crippen LogP contribution < -0.4 is 10.6 Å². The van der Waals surface area contributed by atoms with Crippen molar-refractivity contribution in [2.45, 2.75) is 19.8 Å². The van der Waals surface area contributed by atoms with Gasteiger partial charge in [-0.3, -0.25) is 4.79 Å². The third-order valence-electron chi connectivity index (χ3n) is 2.99. The fourth-order valence-electron chi connectivity index (χ4n) is 2.14. The first kappa shape index (κ1) is 12.4. The maximum absolute atomic E-state index is 10.9. The highest BCUT2D eigenvalue weighted by atomic mass is 127. The summed E-state index contributed by atoms with van der Waals surface area (Å²) >= 11 is 2.31. The molecule has 0 fully saturated rings. The van der Waals surface area contributed by atoms with Gasteiger partial charge < -0.3 is 10.6 Å². The molecule has 90 valence electrons. The summed E-state index contributed by atoms with van der Waals surface area (Å²) in [6.45, 7) is 1.88. The number of nitrogens with two attached hydrogens (primary N) is 1. The predicted octanol–water partition coefficient (Wildman–Crippen LogP) is 2.62. The van der Waals surface area contributed by atoms with Crippen LogP contribution in [-0.4, -0.2) is 10.8 Å². The van der Waals surface area contributed by atoms with Gasteiger partial charge in [-0.25, -0.2) is 0 Å². The van der Waals surface area contributed by atoms with Crippen molar-refractivity contribution in [3.05, 3.63) is 40.7 Å². The second-order valence-electron chi connectivity index (χ2n) is 4.21. The van der Waals surface area contributed by atoms with Crippen molar-refractivity contribution in [3.63, 3.8) is 0 Å². The smallest absolute Gasteiger partial charge is 0.150 e. The zero-order chi connectivity index (χ0) is 12.4. The zero-order valence-corrected chi connectivity index (χ0v) is 11.9. The Morgan fingerprint density at radius 1 is 1.47 bits per heavy atom. The molecule has 1 aromatic carbocycles. The van der Waals surface area contributed by atoms with Crippen molar-refractivity contribution in [1.29, 1.82) is 0 Å². The molecule has 2 rings (SSSR count). The van der Waals surface area contributed by atoms with E-state index in [1.54, 1.807) is 0 Å². The number of aldehydes is 1. The molecule has 0 spiro atoms. The largest absolute Gasteiger partial charge is 0.401 e. The van der Waals surface area contributed by atoms with Crippen molar-refractivity contribution in [1.82, 2.24) is 0 Å². The number of benzene rings is 1. The molecule has 1 aliphatic carbocycles. The molecular formula is C13H15IN2O. The van der Waals surface area contributed by atoms with Crippen LogP contribution in [0.4, 0.5) is 5.69 Å². The molecule has 0 amide bonds. The van der Waals surface area contributed by atoms with Gasteiger partial charge in [-0.2, -0.15) is 0 Å². The number of carbonyl (C=O) groups is 1. The second-order valence-corrected chi connectivity index (χ2v) is 4.89. The maximum Gasteiger partial charge on any atom is 0.150 e. The van der Waals surface area contributed by atoms with Crippen LogP contribution in [0.5, 0.6) is 0 Å². The third kappa shape index (κ3) is 2.31. The van der Waals surface area contributed by atoms with Gasteiger partial charge in [0.2, 0.25) is 0 Å². The molecule has 17 heavy (non-hydrogen) atoms. The van der Waals surface area contributed by atoms with E-state index in [9.17, 15) is 4.79 Å². The Kier molecular flexibility index (Phi) is 3.71. The fraction of sp³-hybridized carbons (Fsp3) is 0.308. The molecule has 0 saturated carbocycles. The number of nitrogens with zero attached hydrogens (tertiary/aromatic N) is 1. The summed E-state index contributed by atoms with van der Waals surface area (Å²) in [5, 5.41) is 0. The SMILES string of the molecule is C/C(N)=C/N(CI)c1ccc(C=O)c2c1CC2. The Bertz CT molecular complexity index is 479. The van der Waals surface area contributed by atoms with E-state index in [-0.39, 0.29) is 0 Å². The number of alkyl halides is 1. The van der Waals surface area contributed by atoms with E-state index in [1.807, 2.05) is 25.3 Å². The lowest BCUT2D eigenvalue weighted by atomic mass is 9.83. The van der Waals surface area contributed by atoms with E-state index < -0.39 is 0 Å². The Balaban J connectivity index is 2.43. The normalized spacial score (nSPS) is 13.9. The summed E-state index contributed by atoms with van der Waals surface area (Å²) in [5.41, 5.74) is 11.0. The monoisotopic (exact) mass is 342 g/mol. The van der Waals surface area contributed by atoms with E-state index >= 15 is 0 Å². The molecule has 0 saturated heterocycles. The van der Waals surface area contributed by atoms with Crippen LogP contribution in [0.3, 0.4) is 0 Å². The molecule has 2 N–H and O–H groups in total. The fourth-order valence-corrected chi connectivity index (χ4v) is 2.70. The van der Waals surface area contributed by atoms with Gasteiger partial charge in [0, 0.05) is 23.1 Å². The van der Waals surface area contributed by atoms with E-state index in [0.29, 0.717) is 0 Å². The van der Waals surface area contributed by atoms with Crippen molar-refractivity contribution in [3.8, 4) is 0 Å². The number of carbonyl (C=O) groups excluding carboxylic acids is 1. The minimum Gasteiger partial charge on any atom is -0.401 e. The Morgan fingerprint density at radius 2 is 2.18 bits per heavy atom. The van der Waals surface area contributed by atoms with Crippen molar-refractivity contribution >= 4 is 34.6 Å². The molecular weight excluding hydrogens is 327 g/mol. The van der Waals surface area contributed by atoms with Gasteiger partial charge in [-0.05, 0) is 43.0 Å². The van der Waals surface area contributed by atoms with Crippen LogP contribution in [0.15, 0.2) is 24.0 Å². The topological polar surface area (TPSA) is 46.3 Å². The molecule has 0 unspecified atom stereocenters. The first-order valence-corrected chi connectivity index (χ1v) is 7.06. The van der Waals surface area contributed by atoms with Gasteiger partial charge in [0.05, 0.1) is 4.55 Å². The van der Waals surface area contributed by atoms with Crippen molar-refractivity contribution < 1.29 is 4.79 Å². The van der Waals surface area contributed by atoms with Crippen molar-refractivity contribution in [2.24, 2.45) is 5.73 Å². The summed E-state index contributed by atoms with van der Waals surface area (Å²) in [7, 11) is 0. The summed E-state index contributed by atoms with van der Waals surface area (Å²) in [6, 6.07) is 3.92. The second kappa shape index (κ2) is 5.08. The standard InChI is InChI=1S/C13H15IN2O/c1-9(15)6-16(8-14)13-5-2-10(7-17)11-3-4-12(11)13/h2,5-7H,3-4,8,15H2,1H3/b9-6-. The molecule has 0 bridgehead atoms. The van der Waals surface area contributed by atoms with Crippen LogP contribution in [0.2, 0.25) is 0 Å². The molecule has 1 aliphatic rings. The van der Waals surface area contributed by atoms with Crippen LogP contribution in [0.1, 0.15) is 28.4 Å². The number of fused-ring (bicyclic) bond motifs is 1. The van der Waals surface area contributed by atoms with Crippen LogP contribution in [-0.2, 0) is 12.8 Å². The number of anilines is 1. The molecule has 3 nitrogen and oxygen atoms in total. The molecule has 0 aromatic heterocycles. The van der Waals surface area contributed by atoms with Crippen LogP contribution in [0.25, 0.3) is 0 Å². The lowest BCUT2D eigenvalue weighted by molar-refractivity contribution is 0.112. The van der Waals surface area contributed by atoms with Crippen molar-refractivity contribution in [2.75, 3.05) is 9.45 Å². The number of hydrogen-bond acceptors (Lipinski definition) is 3. The summed E-state index contributed by atoms with van der Waals surface area (Å²) in [5.74, 6) is 0. The highest BCUT2D eigenvalue weighted by Crippen LogP contribution is 2.35. The summed E-state index contributed by atoms with van der Waals surface area (Å²) < 4.78 is 0.846. The van der Waals surface area contributed by atoms with Crippen LogP contribution >= 0.6 is 22.6 Å². The lowest BCUT2D eigenvalue weighted by Crippen LogP contribution is -2.22. The Labute approximate surface area is 115 Å². The van der Waals surface area contributed by atoms with Gasteiger partial charge in [0.1, 0.15) is 6.29 Å². The zero-order valence-electron chi connectivity index (χ0n) is 9.74. The molecule has 4 heteroatoms. The average molecular weight is 342 g/mol. The number of rotatable bonds is 4. The first-order chi connectivity index (χ1) is 8.17. The lowest BCUT2D eigenvalue weighted by Gasteiger charge is -2.29. The number of hydrogen-bond donors (Lipinski definition) is 1. The molecule has 0 aliphatic heterocycles. The predicted molar refractivity (Wildman–Crippen MR) is 78.5 cm³/mol. The quantitative estimate of drug-likeness (QED) is 0.396. The van der Waals surface area contributed by atoms with E-state index in [4.69, 9.17) is 5.73 Å². The van der Waals surface area contributed by atoms with E-state index in [2.05, 4.69) is 27.5 Å². The Hall–Kier alpha value is -1.04. The minimum atomic E-state index is 0.786. The van der Waals surface area contributed by atoms with E-state index in [0.717, 1.165) is 34.9 Å². The van der Waals surface area contributed by atoms with Gasteiger partial charge in [-0.15, -0.1) is 0 Å². The number of halogens is 1. The molecule has 1 aromatic rings. The Morgan fingerprint density at radius 3 is 2.65 bits per heavy atom. The van der Waals surface area contributed by atoms with Crippen LogP contribution in [0, 0.1) is 0 Å². The van der Waals surface area contributed by atoms with Gasteiger partial charge >= 0.3 is 0 Å². The average Bonchev–Trinajstić information content (AvgIpc) is 2.26. The number of allylic oxidation sites excluding steroid dienone is 1. The summed E-state index contributed by atoms with van der Waals surface area (Å²) in [4.78, 5) is 13.0.